The molecule has 0 radical (unpaired) electrons. The first-order valence-corrected chi connectivity index (χ1v) is 11.8. The minimum Gasteiger partial charge on any atom is -0.493 e. The van der Waals surface area contributed by atoms with E-state index < -0.39 is 5.91 Å². The molecule has 2 heterocycles. The Morgan fingerprint density at radius 2 is 1.86 bits per heavy atom. The van der Waals surface area contributed by atoms with Crippen molar-refractivity contribution in [3.63, 3.8) is 0 Å². The second-order valence-corrected chi connectivity index (χ2v) is 8.60. The Labute approximate surface area is 203 Å². The van der Waals surface area contributed by atoms with Gasteiger partial charge >= 0.3 is 0 Å². The van der Waals surface area contributed by atoms with Crippen LogP contribution in [0.15, 0.2) is 54.9 Å². The number of nitrogens with two attached hydrogens (primary N) is 1. The zero-order valence-corrected chi connectivity index (χ0v) is 19.7. The third-order valence-electron chi connectivity index (χ3n) is 6.33. The van der Waals surface area contributed by atoms with E-state index >= 15 is 0 Å². The fourth-order valence-electron chi connectivity index (χ4n) is 4.51. The number of aromatic nitrogens is 2. The largest absolute Gasteiger partial charge is 0.493 e. The van der Waals surface area contributed by atoms with Crippen LogP contribution in [0.3, 0.4) is 0 Å². The molecule has 1 fully saturated rings. The molecule has 2 N–H and O–H groups in total. The van der Waals surface area contributed by atoms with Gasteiger partial charge in [-0.3, -0.25) is 9.69 Å². The molecule has 5 rings (SSSR count). The van der Waals surface area contributed by atoms with Crippen molar-refractivity contribution < 1.29 is 19.0 Å². The Bertz CT molecular complexity index is 1370. The van der Waals surface area contributed by atoms with Gasteiger partial charge in [0, 0.05) is 18.2 Å². The maximum atomic E-state index is 11.7. The highest BCUT2D eigenvalue weighted by atomic mass is 16.5. The van der Waals surface area contributed by atoms with Gasteiger partial charge in [-0.1, -0.05) is 18.6 Å². The van der Waals surface area contributed by atoms with E-state index in [1.54, 1.807) is 25.3 Å². The number of benzene rings is 3. The van der Waals surface area contributed by atoms with Crippen LogP contribution >= 0.6 is 0 Å². The normalized spacial score (nSPS) is 14.2. The summed E-state index contributed by atoms with van der Waals surface area (Å²) in [7, 11) is 1.61. The van der Waals surface area contributed by atoms with Crippen LogP contribution < -0.4 is 19.9 Å². The number of rotatable bonds is 8. The zero-order chi connectivity index (χ0) is 24.2. The van der Waals surface area contributed by atoms with E-state index in [-0.39, 0.29) is 0 Å². The van der Waals surface area contributed by atoms with Gasteiger partial charge in [-0.25, -0.2) is 9.97 Å². The van der Waals surface area contributed by atoms with Gasteiger partial charge in [0.25, 0.3) is 0 Å². The highest BCUT2D eigenvalue weighted by molar-refractivity contribution is 6.06. The van der Waals surface area contributed by atoms with Crippen molar-refractivity contribution in [2.45, 2.75) is 19.3 Å². The fourth-order valence-corrected chi connectivity index (χ4v) is 4.51. The molecule has 0 saturated carbocycles. The second kappa shape index (κ2) is 10.1. The third-order valence-corrected chi connectivity index (χ3v) is 6.33. The highest BCUT2D eigenvalue weighted by Gasteiger charge is 2.15. The molecular formula is C27H28N4O4. The summed E-state index contributed by atoms with van der Waals surface area (Å²) in [6.07, 6.45) is 5.28. The molecule has 4 aromatic rings. The maximum absolute atomic E-state index is 11.7. The number of carbonyl (C=O) groups excluding carboxylic acids is 1. The van der Waals surface area contributed by atoms with Crippen LogP contribution in [-0.2, 0) is 0 Å². The Balaban J connectivity index is 1.39. The van der Waals surface area contributed by atoms with E-state index in [1.807, 2.05) is 30.3 Å². The van der Waals surface area contributed by atoms with Gasteiger partial charge in [-0.05, 0) is 67.0 Å². The predicted molar refractivity (Wildman–Crippen MR) is 134 cm³/mol. The molecule has 35 heavy (non-hydrogen) atoms. The van der Waals surface area contributed by atoms with Gasteiger partial charge < -0.3 is 19.9 Å². The topological polar surface area (TPSA) is 99.8 Å². The Morgan fingerprint density at radius 1 is 1.00 bits per heavy atom. The van der Waals surface area contributed by atoms with E-state index in [4.69, 9.17) is 19.9 Å². The van der Waals surface area contributed by atoms with Crippen molar-refractivity contribution in [3.8, 4) is 23.1 Å². The summed E-state index contributed by atoms with van der Waals surface area (Å²) < 4.78 is 17.8. The number of primary amides is 1. The molecule has 3 aromatic carbocycles. The second-order valence-electron chi connectivity index (χ2n) is 8.60. The van der Waals surface area contributed by atoms with Crippen molar-refractivity contribution >= 4 is 27.6 Å². The van der Waals surface area contributed by atoms with E-state index in [1.165, 1.54) is 25.6 Å². The van der Waals surface area contributed by atoms with E-state index in [0.29, 0.717) is 46.2 Å². The number of amides is 1. The van der Waals surface area contributed by atoms with Gasteiger partial charge in [-0.15, -0.1) is 0 Å². The minimum absolute atomic E-state index is 0.401. The van der Waals surface area contributed by atoms with E-state index in [9.17, 15) is 4.79 Å². The van der Waals surface area contributed by atoms with Crippen LogP contribution in [0, 0.1) is 0 Å². The first kappa shape index (κ1) is 22.9. The number of piperidine rings is 1. The molecule has 0 atom stereocenters. The van der Waals surface area contributed by atoms with Crippen molar-refractivity contribution in [1.82, 2.24) is 14.9 Å². The van der Waals surface area contributed by atoms with Crippen molar-refractivity contribution in [1.29, 1.82) is 0 Å². The average molecular weight is 473 g/mol. The summed E-state index contributed by atoms with van der Waals surface area (Å²) in [5.41, 5.74) is 6.67. The van der Waals surface area contributed by atoms with Crippen LogP contribution in [0.1, 0.15) is 29.6 Å². The lowest BCUT2D eigenvalue weighted by Gasteiger charge is -2.26. The van der Waals surface area contributed by atoms with Crippen LogP contribution in [-0.4, -0.2) is 54.1 Å². The van der Waals surface area contributed by atoms with E-state index in [2.05, 4.69) is 14.9 Å². The number of likely N-dealkylation sites (tertiary alicyclic amines) is 1. The molecular weight excluding hydrogens is 444 g/mol. The third kappa shape index (κ3) is 4.97. The van der Waals surface area contributed by atoms with Gasteiger partial charge in [0.1, 0.15) is 18.7 Å². The first-order valence-electron chi connectivity index (χ1n) is 11.8. The monoisotopic (exact) mass is 472 g/mol. The van der Waals surface area contributed by atoms with Gasteiger partial charge in [0.2, 0.25) is 11.8 Å². The summed E-state index contributed by atoms with van der Waals surface area (Å²) in [5.74, 6) is 1.76. The fraction of sp³-hybridized carbons (Fsp3) is 0.296. The molecule has 0 aliphatic carbocycles. The molecule has 8 heteroatoms. The lowest BCUT2D eigenvalue weighted by Crippen LogP contribution is -2.33. The van der Waals surface area contributed by atoms with Crippen molar-refractivity contribution in [3.05, 3.63) is 60.4 Å². The SMILES string of the molecule is COc1cc2c(Oc3ccc4c(C(N)=O)cccc4c3)ncnc2cc1OCCN1CCCCC1. The zero-order valence-electron chi connectivity index (χ0n) is 19.7. The van der Waals surface area contributed by atoms with Crippen molar-refractivity contribution in [2.24, 2.45) is 5.73 Å². The highest BCUT2D eigenvalue weighted by Crippen LogP contribution is 2.36. The number of hydrogen-bond donors (Lipinski definition) is 1. The smallest absolute Gasteiger partial charge is 0.249 e. The average Bonchev–Trinajstić information content (AvgIpc) is 2.88. The Morgan fingerprint density at radius 3 is 2.66 bits per heavy atom. The van der Waals surface area contributed by atoms with Crippen LogP contribution in [0.4, 0.5) is 0 Å². The van der Waals surface area contributed by atoms with Gasteiger partial charge in [-0.2, -0.15) is 0 Å². The maximum Gasteiger partial charge on any atom is 0.249 e. The first-order chi connectivity index (χ1) is 17.1. The summed E-state index contributed by atoms with van der Waals surface area (Å²) in [5, 5.41) is 2.32. The summed E-state index contributed by atoms with van der Waals surface area (Å²) >= 11 is 0. The molecule has 1 amide bonds. The van der Waals surface area contributed by atoms with Gasteiger partial charge in [0.15, 0.2) is 11.5 Å². The summed E-state index contributed by atoms with van der Waals surface area (Å²) in [4.78, 5) is 22.9. The molecule has 1 aliphatic heterocycles. The number of ether oxygens (including phenoxy) is 3. The quantitative estimate of drug-likeness (QED) is 0.402. The minimum atomic E-state index is -0.466. The molecule has 1 aliphatic rings. The Kier molecular flexibility index (Phi) is 6.63. The number of carbonyl (C=O) groups is 1. The summed E-state index contributed by atoms with van der Waals surface area (Å²) in [6, 6.07) is 14.6. The van der Waals surface area contributed by atoms with Crippen LogP contribution in [0.2, 0.25) is 0 Å². The van der Waals surface area contributed by atoms with Crippen LogP contribution in [0.5, 0.6) is 23.1 Å². The van der Waals surface area contributed by atoms with E-state index in [0.717, 1.165) is 30.4 Å². The molecule has 0 bridgehead atoms. The molecule has 1 aromatic heterocycles. The lowest BCUT2D eigenvalue weighted by molar-refractivity contribution is 0.100. The number of fused-ring (bicyclic) bond motifs is 2. The number of hydrogen-bond acceptors (Lipinski definition) is 7. The standard InChI is InChI=1S/C27H28N4O4/c1-33-24-15-22-23(16-25(24)34-13-12-31-10-3-2-4-11-31)29-17-30-27(22)35-19-8-9-20-18(14-19)6-5-7-21(20)26(28)32/h5-9,14-17H,2-4,10-13H2,1H3,(H2,28,32). The van der Waals surface area contributed by atoms with Crippen molar-refractivity contribution in [2.75, 3.05) is 33.4 Å². The lowest BCUT2D eigenvalue weighted by atomic mass is 10.0. The molecule has 1 saturated heterocycles. The number of methoxy groups -OCH3 is 1. The Hall–Kier alpha value is -3.91. The predicted octanol–water partition coefficient (Wildman–Crippen LogP) is 4.55. The van der Waals surface area contributed by atoms with Gasteiger partial charge in [0.05, 0.1) is 18.0 Å². The summed E-state index contributed by atoms with van der Waals surface area (Å²) in [6.45, 7) is 3.73. The molecule has 0 unspecified atom stereocenters. The van der Waals surface area contributed by atoms with Crippen LogP contribution in [0.25, 0.3) is 21.7 Å². The molecule has 180 valence electrons. The molecule has 0 spiro atoms. The number of nitrogens with zero attached hydrogens (tertiary/aromatic N) is 3. The molecule has 8 nitrogen and oxygen atoms in total.